The molecular weight excluding hydrogens is 315 g/mol. The summed E-state index contributed by atoms with van der Waals surface area (Å²) in [6.07, 6.45) is 13.1. The van der Waals surface area contributed by atoms with E-state index in [4.69, 9.17) is 5.11 Å². The van der Waals surface area contributed by atoms with Gasteiger partial charge in [-0.05, 0) is 0 Å². The Morgan fingerprint density at radius 2 is 2.08 bits per heavy atom. The molecule has 0 aromatic heterocycles. The van der Waals surface area contributed by atoms with Crippen molar-refractivity contribution in [1.29, 1.82) is 0 Å². The minimum atomic E-state index is -0.764. The number of aliphatic carboxylic acids is 1. The molecule has 0 bridgehead atoms. The summed E-state index contributed by atoms with van der Waals surface area (Å²) in [6, 6.07) is 0. The molecule has 5 atom stereocenters. The number of carbonyl (C=O) groups is 1. The predicted molar refractivity (Wildman–Crippen MR) is 104 cm³/mol. The summed E-state index contributed by atoms with van der Waals surface area (Å²) in [4.78, 5) is 10.5. The number of aliphatic hydroxyl groups excluding tert-OH is 2. The van der Waals surface area contributed by atoms with E-state index in [1.54, 1.807) is 0 Å². The van der Waals surface area contributed by atoms with Gasteiger partial charge in [0.05, 0.1) is 0 Å². The molecule has 3 unspecified atom stereocenters. The average molecular weight is 348 g/mol. The van der Waals surface area contributed by atoms with Crippen LogP contribution in [0.2, 0.25) is 0 Å². The molecule has 140 valence electrons. The molecule has 3 N–H and O–H groups in total. The van der Waals surface area contributed by atoms with Crippen LogP contribution in [0.1, 0.15) is 58.3 Å². The number of hydrogen-bond donors (Lipinski definition) is 3. The zero-order chi connectivity index (χ0) is 18.7. The van der Waals surface area contributed by atoms with E-state index in [1.807, 2.05) is 18.1 Å². The molecule has 5 heteroatoms. The molecule has 25 heavy (non-hydrogen) atoms. The van der Waals surface area contributed by atoms with Crippen LogP contribution in [0.25, 0.3) is 0 Å². The number of carboxylic acid groups (broad SMARTS) is 1. The Labute approximate surface area is 152 Å². The van der Waals surface area contributed by atoms with Gasteiger partial charge in [0.2, 0.25) is 0 Å². The maximum atomic E-state index is 10.5. The Balaban J connectivity index is 2.58. The number of carboxylic acids is 1. The first-order chi connectivity index (χ1) is 12.0. The molecule has 0 aromatic carbocycles. The van der Waals surface area contributed by atoms with Crippen molar-refractivity contribution in [3.63, 3.8) is 0 Å². The summed E-state index contributed by atoms with van der Waals surface area (Å²) in [7, 11) is 3.89. The van der Waals surface area contributed by atoms with Gasteiger partial charge in [-0.1, -0.05) is 0 Å². The van der Waals surface area contributed by atoms with Crippen LogP contribution in [-0.4, -0.2) is 47.0 Å². The topological polar surface area (TPSA) is 77.8 Å². The maximum absolute atomic E-state index is 10.5. The molecular formula is C20H33BO4. The van der Waals surface area contributed by atoms with Gasteiger partial charge < -0.3 is 0 Å². The van der Waals surface area contributed by atoms with Crippen molar-refractivity contribution in [1.82, 2.24) is 0 Å². The zero-order valence-corrected chi connectivity index (χ0v) is 15.4. The summed E-state index contributed by atoms with van der Waals surface area (Å²) < 4.78 is 0. The van der Waals surface area contributed by atoms with E-state index in [-0.39, 0.29) is 30.3 Å². The Bertz CT molecular complexity index is 461. The van der Waals surface area contributed by atoms with Crippen LogP contribution < -0.4 is 0 Å². The molecule has 0 radical (unpaired) electrons. The molecule has 1 rings (SSSR count). The SMILES string of the molecule is B=CC1CC(O)[C@H](C/C=C\CCCC(=O)O)[C@H]1/C=C/C(O)CCCC. The average Bonchev–Trinajstić information content (AvgIpc) is 2.89. The van der Waals surface area contributed by atoms with Crippen LogP contribution in [0.4, 0.5) is 0 Å². The molecule has 0 aromatic rings. The van der Waals surface area contributed by atoms with Gasteiger partial charge in [-0.15, -0.1) is 0 Å². The quantitative estimate of drug-likeness (QED) is 0.288. The number of aliphatic hydroxyl groups is 2. The predicted octanol–water partition coefficient (Wildman–Crippen LogP) is 2.61. The number of unbranched alkanes of at least 4 members (excludes halogenated alkanes) is 2. The van der Waals surface area contributed by atoms with Crippen LogP contribution in [0.3, 0.4) is 0 Å². The second-order valence-electron chi connectivity index (χ2n) is 7.03. The van der Waals surface area contributed by atoms with Crippen molar-refractivity contribution in [3.05, 3.63) is 24.3 Å². The summed E-state index contributed by atoms with van der Waals surface area (Å²) in [6.45, 7) is 2.11. The summed E-state index contributed by atoms with van der Waals surface area (Å²) >= 11 is 0. The fourth-order valence-electron chi connectivity index (χ4n) is 3.55. The van der Waals surface area contributed by atoms with E-state index in [9.17, 15) is 15.0 Å². The number of allylic oxidation sites excluding steroid dienone is 3. The summed E-state index contributed by atoms with van der Waals surface area (Å²) in [5.41, 5.74) is 0. The van der Waals surface area contributed by atoms with E-state index in [1.165, 1.54) is 0 Å². The van der Waals surface area contributed by atoms with Crippen molar-refractivity contribution in [2.45, 2.75) is 70.5 Å². The molecule has 0 amide bonds. The molecule has 0 spiro atoms. The third-order valence-corrected chi connectivity index (χ3v) is 5.04. The molecule has 0 aliphatic heterocycles. The van der Waals surface area contributed by atoms with Crippen LogP contribution in [0, 0.1) is 17.8 Å². The molecule has 1 fully saturated rings. The Kier molecular flexibility index (Phi) is 10.7. The summed E-state index contributed by atoms with van der Waals surface area (Å²) in [5.74, 6) is 1.68. The molecule has 1 aliphatic carbocycles. The van der Waals surface area contributed by atoms with E-state index >= 15 is 0 Å². The van der Waals surface area contributed by atoms with Crippen LogP contribution in [-0.2, 0) is 4.79 Å². The monoisotopic (exact) mass is 348 g/mol. The Morgan fingerprint density at radius 1 is 1.32 bits per heavy atom. The van der Waals surface area contributed by atoms with Crippen LogP contribution in [0.5, 0.6) is 0 Å². The van der Waals surface area contributed by atoms with E-state index < -0.39 is 12.1 Å². The normalized spacial score (nSPS) is 27.9. The van der Waals surface area contributed by atoms with Gasteiger partial charge in [0, 0.05) is 0 Å². The van der Waals surface area contributed by atoms with E-state index in [2.05, 4.69) is 26.6 Å². The second-order valence-corrected chi connectivity index (χ2v) is 7.03. The van der Waals surface area contributed by atoms with Gasteiger partial charge in [0.25, 0.3) is 0 Å². The van der Waals surface area contributed by atoms with Crippen LogP contribution in [0.15, 0.2) is 24.3 Å². The first-order valence-electron chi connectivity index (χ1n) is 9.53. The van der Waals surface area contributed by atoms with Gasteiger partial charge in [-0.2, -0.15) is 0 Å². The Morgan fingerprint density at radius 3 is 2.72 bits per heavy atom. The third kappa shape index (κ3) is 8.15. The van der Waals surface area contributed by atoms with Gasteiger partial charge in [0.1, 0.15) is 0 Å². The van der Waals surface area contributed by atoms with Crippen molar-refractivity contribution < 1.29 is 20.1 Å². The fraction of sp³-hybridized carbons (Fsp3) is 0.700. The zero-order valence-electron chi connectivity index (χ0n) is 15.4. The van der Waals surface area contributed by atoms with Gasteiger partial charge >= 0.3 is 152 Å². The van der Waals surface area contributed by atoms with Crippen molar-refractivity contribution in [2.75, 3.05) is 0 Å². The minimum absolute atomic E-state index is 0.119. The second kappa shape index (κ2) is 12.2. The first kappa shape index (κ1) is 21.8. The molecule has 1 saturated carbocycles. The fourth-order valence-corrected chi connectivity index (χ4v) is 3.55. The van der Waals surface area contributed by atoms with Crippen LogP contribution >= 0.6 is 0 Å². The van der Waals surface area contributed by atoms with E-state index in [0.29, 0.717) is 12.8 Å². The molecule has 4 nitrogen and oxygen atoms in total. The van der Waals surface area contributed by atoms with Gasteiger partial charge in [0.15, 0.2) is 0 Å². The van der Waals surface area contributed by atoms with Crippen molar-refractivity contribution >= 4 is 19.4 Å². The van der Waals surface area contributed by atoms with Crippen molar-refractivity contribution in [2.24, 2.45) is 17.8 Å². The standard InChI is InChI=1S/C20H33BO4/c1-2-3-8-16(22)11-12-17-15(14-21)13-19(23)18(17)9-6-4-5-7-10-20(24)25/h4,6,11-12,14-19,21-23H,2-3,5,7-10,13H2,1H3,(H,24,25)/b6-4-,12-11+/t15?,16?,17-,18+,19?/m0/s1. The third-order valence-electron chi connectivity index (χ3n) is 5.04. The number of hydrogen-bond acceptors (Lipinski definition) is 3. The molecule has 0 heterocycles. The molecule has 1 aliphatic rings. The van der Waals surface area contributed by atoms with E-state index in [0.717, 1.165) is 32.1 Å². The van der Waals surface area contributed by atoms with Gasteiger partial charge in [-0.3, -0.25) is 0 Å². The van der Waals surface area contributed by atoms with Crippen molar-refractivity contribution in [3.8, 4) is 0 Å². The number of rotatable bonds is 12. The first-order valence-corrected chi connectivity index (χ1v) is 9.53. The summed E-state index contributed by atoms with van der Waals surface area (Å²) in [5, 5.41) is 29.1. The van der Waals surface area contributed by atoms with Gasteiger partial charge in [-0.25, -0.2) is 0 Å². The molecule has 0 saturated heterocycles. The Hall–Kier alpha value is -1.20.